The number of hydrogen-bond donors (Lipinski definition) is 2. The maximum Gasteiger partial charge on any atom is 0.274 e. The summed E-state index contributed by atoms with van der Waals surface area (Å²) in [7, 11) is 3.13. The van der Waals surface area contributed by atoms with E-state index in [4.69, 9.17) is 9.47 Å². The number of aromatic amines is 1. The second-order valence-electron chi connectivity index (χ2n) is 5.31. The molecule has 0 bridgehead atoms. The van der Waals surface area contributed by atoms with Crippen LogP contribution in [0.25, 0.3) is 0 Å². The maximum absolute atomic E-state index is 12.2. The lowest BCUT2D eigenvalue weighted by atomic mass is 10.1. The molecule has 128 valence electrons. The van der Waals surface area contributed by atoms with Crippen molar-refractivity contribution in [3.63, 3.8) is 0 Å². The second-order valence-corrected chi connectivity index (χ2v) is 5.31. The van der Waals surface area contributed by atoms with Gasteiger partial charge >= 0.3 is 0 Å². The van der Waals surface area contributed by atoms with Crippen molar-refractivity contribution >= 4 is 11.6 Å². The Morgan fingerprint density at radius 2 is 1.76 bits per heavy atom. The minimum atomic E-state index is -0.276. The van der Waals surface area contributed by atoms with Crippen molar-refractivity contribution in [3.05, 3.63) is 70.1 Å². The number of methoxy groups -OCH3 is 2. The molecule has 0 aliphatic rings. The molecule has 0 aliphatic carbocycles. The fourth-order valence-corrected chi connectivity index (χ4v) is 2.37. The molecular formula is C18H18N4O3. The van der Waals surface area contributed by atoms with E-state index in [1.807, 2.05) is 30.3 Å². The van der Waals surface area contributed by atoms with Gasteiger partial charge in [0, 0.05) is 18.2 Å². The Morgan fingerprint density at radius 1 is 1.00 bits per heavy atom. The third-order valence-electron chi connectivity index (χ3n) is 3.63. The van der Waals surface area contributed by atoms with Crippen LogP contribution in [0.4, 0.5) is 11.6 Å². The molecule has 0 atom stereocenters. The highest BCUT2D eigenvalue weighted by atomic mass is 16.5. The van der Waals surface area contributed by atoms with Crippen LogP contribution in [0.2, 0.25) is 0 Å². The Kier molecular flexibility index (Phi) is 4.94. The summed E-state index contributed by atoms with van der Waals surface area (Å²) in [6.45, 7) is 0. The smallest absolute Gasteiger partial charge is 0.274 e. The summed E-state index contributed by atoms with van der Waals surface area (Å²) < 4.78 is 10.4. The number of ether oxygens (including phenoxy) is 2. The molecule has 0 saturated carbocycles. The molecule has 2 N–H and O–H groups in total. The molecule has 0 amide bonds. The van der Waals surface area contributed by atoms with E-state index in [-0.39, 0.29) is 11.5 Å². The van der Waals surface area contributed by atoms with Crippen LogP contribution in [-0.2, 0) is 6.42 Å². The first-order valence-electron chi connectivity index (χ1n) is 7.68. The Morgan fingerprint density at radius 3 is 2.44 bits per heavy atom. The number of hydrogen-bond acceptors (Lipinski definition) is 6. The zero-order chi connectivity index (χ0) is 17.6. The average molecular weight is 338 g/mol. The molecule has 2 aromatic carbocycles. The molecule has 7 heteroatoms. The first-order valence-corrected chi connectivity index (χ1v) is 7.68. The molecule has 0 fully saturated rings. The van der Waals surface area contributed by atoms with Gasteiger partial charge in [-0.25, -0.2) is 0 Å². The number of aromatic nitrogens is 3. The largest absolute Gasteiger partial charge is 0.493 e. The van der Waals surface area contributed by atoms with Crippen LogP contribution < -0.4 is 20.3 Å². The van der Waals surface area contributed by atoms with Gasteiger partial charge in [0.25, 0.3) is 5.56 Å². The number of H-pyrrole nitrogens is 1. The second kappa shape index (κ2) is 7.48. The van der Waals surface area contributed by atoms with Crippen LogP contribution >= 0.6 is 0 Å². The fraction of sp³-hybridized carbons (Fsp3) is 0.167. The van der Waals surface area contributed by atoms with Gasteiger partial charge in [-0.3, -0.25) is 9.78 Å². The molecule has 7 nitrogen and oxygen atoms in total. The van der Waals surface area contributed by atoms with Crippen molar-refractivity contribution in [1.82, 2.24) is 15.2 Å². The summed E-state index contributed by atoms with van der Waals surface area (Å²) in [5, 5.41) is 11.1. The quantitative estimate of drug-likeness (QED) is 0.718. The highest BCUT2D eigenvalue weighted by Crippen LogP contribution is 2.30. The van der Waals surface area contributed by atoms with Gasteiger partial charge in [-0.15, -0.1) is 10.2 Å². The highest BCUT2D eigenvalue weighted by molar-refractivity contribution is 5.59. The molecule has 3 aromatic rings. The number of anilines is 2. The predicted molar refractivity (Wildman–Crippen MR) is 94.7 cm³/mol. The molecule has 0 saturated heterocycles. The Balaban J connectivity index is 1.78. The van der Waals surface area contributed by atoms with Gasteiger partial charge in [0.1, 0.15) is 5.69 Å². The summed E-state index contributed by atoms with van der Waals surface area (Å²) >= 11 is 0. The topological polar surface area (TPSA) is 89.1 Å². The first-order chi connectivity index (χ1) is 12.2. The van der Waals surface area contributed by atoms with E-state index in [9.17, 15) is 4.79 Å². The molecule has 25 heavy (non-hydrogen) atoms. The predicted octanol–water partition coefficient (Wildman–Crippen LogP) is 2.52. The normalized spacial score (nSPS) is 10.3. The van der Waals surface area contributed by atoms with Gasteiger partial charge in [-0.1, -0.05) is 30.3 Å². The Labute approximate surface area is 144 Å². The SMILES string of the molecule is COc1ccc(Nc2nnc(Cc3ccccc3)c(=O)[nH]2)cc1OC. The summed E-state index contributed by atoms with van der Waals surface area (Å²) in [6.07, 6.45) is 0.430. The monoisotopic (exact) mass is 338 g/mol. The standard InChI is InChI=1S/C18H18N4O3/c1-24-15-9-8-13(11-16(15)25-2)19-18-20-17(23)14(21-22-18)10-12-6-4-3-5-7-12/h3-9,11H,10H2,1-2H3,(H2,19,20,22,23). The third-order valence-corrected chi connectivity index (χ3v) is 3.63. The van der Waals surface area contributed by atoms with Crippen molar-refractivity contribution in [2.45, 2.75) is 6.42 Å². The van der Waals surface area contributed by atoms with E-state index in [0.717, 1.165) is 5.56 Å². The van der Waals surface area contributed by atoms with Crippen molar-refractivity contribution in [2.75, 3.05) is 19.5 Å². The van der Waals surface area contributed by atoms with E-state index in [2.05, 4.69) is 20.5 Å². The van der Waals surface area contributed by atoms with E-state index in [1.54, 1.807) is 32.4 Å². The van der Waals surface area contributed by atoms with Gasteiger partial charge in [0.2, 0.25) is 5.95 Å². The van der Waals surface area contributed by atoms with Crippen LogP contribution in [0, 0.1) is 0 Å². The van der Waals surface area contributed by atoms with Gasteiger partial charge in [0.05, 0.1) is 14.2 Å². The molecule has 1 heterocycles. The van der Waals surface area contributed by atoms with Crippen molar-refractivity contribution in [3.8, 4) is 11.5 Å². The minimum absolute atomic E-state index is 0.258. The van der Waals surface area contributed by atoms with Crippen LogP contribution in [0.3, 0.4) is 0 Å². The van der Waals surface area contributed by atoms with E-state index in [1.165, 1.54) is 0 Å². The first kappa shape index (κ1) is 16.5. The summed E-state index contributed by atoms with van der Waals surface area (Å²) in [5.41, 5.74) is 1.78. The molecule has 0 spiro atoms. The van der Waals surface area contributed by atoms with Crippen LogP contribution in [0.1, 0.15) is 11.3 Å². The number of nitrogens with zero attached hydrogens (tertiary/aromatic N) is 2. The molecule has 3 rings (SSSR count). The van der Waals surface area contributed by atoms with Crippen LogP contribution in [-0.4, -0.2) is 29.4 Å². The summed E-state index contributed by atoms with van der Waals surface area (Å²) in [5.74, 6) is 1.45. The zero-order valence-corrected chi connectivity index (χ0v) is 13.9. The lowest BCUT2D eigenvalue weighted by Crippen LogP contribution is -2.18. The maximum atomic E-state index is 12.2. The Bertz CT molecular complexity index is 910. The highest BCUT2D eigenvalue weighted by Gasteiger charge is 2.08. The summed E-state index contributed by atoms with van der Waals surface area (Å²) in [6, 6.07) is 14.9. The van der Waals surface area contributed by atoms with E-state index >= 15 is 0 Å². The van der Waals surface area contributed by atoms with Gasteiger partial charge in [-0.05, 0) is 17.7 Å². The van der Waals surface area contributed by atoms with Crippen LogP contribution in [0.15, 0.2) is 53.3 Å². The lowest BCUT2D eigenvalue weighted by molar-refractivity contribution is 0.355. The zero-order valence-electron chi connectivity index (χ0n) is 13.9. The van der Waals surface area contributed by atoms with Crippen molar-refractivity contribution in [2.24, 2.45) is 0 Å². The van der Waals surface area contributed by atoms with E-state index in [0.29, 0.717) is 29.3 Å². The number of benzene rings is 2. The van der Waals surface area contributed by atoms with Gasteiger partial charge < -0.3 is 14.8 Å². The number of nitrogens with one attached hydrogen (secondary N) is 2. The number of rotatable bonds is 6. The molecule has 0 unspecified atom stereocenters. The van der Waals surface area contributed by atoms with Crippen molar-refractivity contribution in [1.29, 1.82) is 0 Å². The average Bonchev–Trinajstić information content (AvgIpc) is 2.64. The minimum Gasteiger partial charge on any atom is -0.493 e. The fourth-order valence-electron chi connectivity index (χ4n) is 2.37. The Hall–Kier alpha value is -3.35. The van der Waals surface area contributed by atoms with Gasteiger partial charge in [0.15, 0.2) is 11.5 Å². The van der Waals surface area contributed by atoms with Gasteiger partial charge in [-0.2, -0.15) is 0 Å². The molecule has 0 aliphatic heterocycles. The lowest BCUT2D eigenvalue weighted by Gasteiger charge is -2.10. The third kappa shape index (κ3) is 3.95. The molecule has 0 radical (unpaired) electrons. The molecular weight excluding hydrogens is 320 g/mol. The summed E-state index contributed by atoms with van der Waals surface area (Å²) in [4.78, 5) is 14.9. The van der Waals surface area contributed by atoms with E-state index < -0.39 is 0 Å². The van der Waals surface area contributed by atoms with Crippen LogP contribution in [0.5, 0.6) is 11.5 Å². The van der Waals surface area contributed by atoms with Crippen molar-refractivity contribution < 1.29 is 9.47 Å². The molecule has 1 aromatic heterocycles.